The molecule has 3 rings (SSSR count). The number of methoxy groups -OCH3 is 1. The van der Waals surface area contributed by atoms with E-state index in [1.807, 2.05) is 67.6 Å². The molecule has 0 fully saturated rings. The number of Topliss-reactive ketones (excluding diaryl/α,β-unsaturated/α-hetero) is 1. The molecule has 3 atom stereocenters. The Kier molecular flexibility index (Phi) is 10.0. The van der Waals surface area contributed by atoms with Crippen LogP contribution in [0, 0.1) is 11.8 Å². The van der Waals surface area contributed by atoms with E-state index in [1.54, 1.807) is 6.92 Å². The van der Waals surface area contributed by atoms with Gasteiger partial charge in [-0.3, -0.25) is 9.59 Å². The smallest absolute Gasteiger partial charge is 0.309 e. The Morgan fingerprint density at radius 1 is 0.944 bits per heavy atom. The molecule has 1 aromatic heterocycles. The molecule has 190 valence electrons. The van der Waals surface area contributed by atoms with Gasteiger partial charge in [-0.15, -0.1) is 0 Å². The second kappa shape index (κ2) is 13.4. The number of carbonyl (C=O) groups excluding carboxylic acids is 2. The number of ether oxygens (including phenoxy) is 3. The van der Waals surface area contributed by atoms with Crippen LogP contribution in [-0.2, 0) is 27.3 Å². The van der Waals surface area contributed by atoms with Gasteiger partial charge in [0.2, 0.25) is 0 Å². The van der Waals surface area contributed by atoms with Crippen LogP contribution in [0.25, 0.3) is 0 Å². The zero-order chi connectivity index (χ0) is 25.9. The van der Waals surface area contributed by atoms with Crippen LogP contribution in [0.1, 0.15) is 41.9 Å². The van der Waals surface area contributed by atoms with Crippen LogP contribution in [0.4, 0.5) is 0 Å². The van der Waals surface area contributed by atoms with Crippen LogP contribution < -0.4 is 4.74 Å². The first-order valence-electron chi connectivity index (χ1n) is 12.0. The summed E-state index contributed by atoms with van der Waals surface area (Å²) >= 11 is 0. The van der Waals surface area contributed by atoms with Gasteiger partial charge in [0.15, 0.2) is 23.0 Å². The normalized spacial score (nSPS) is 13.4. The largest absolute Gasteiger partial charge is 0.503 e. The second-order valence-corrected chi connectivity index (χ2v) is 8.83. The lowest BCUT2D eigenvalue weighted by atomic mass is 9.95. The predicted octanol–water partition coefficient (Wildman–Crippen LogP) is 5.01. The van der Waals surface area contributed by atoms with E-state index in [2.05, 4.69) is 4.98 Å². The third kappa shape index (κ3) is 7.65. The van der Waals surface area contributed by atoms with E-state index in [1.165, 1.54) is 19.4 Å². The fourth-order valence-electron chi connectivity index (χ4n) is 3.84. The summed E-state index contributed by atoms with van der Waals surface area (Å²) in [4.78, 5) is 29.5. The van der Waals surface area contributed by atoms with Gasteiger partial charge in [0.05, 0.1) is 26.2 Å². The van der Waals surface area contributed by atoms with E-state index >= 15 is 0 Å². The van der Waals surface area contributed by atoms with Crippen LogP contribution in [0.5, 0.6) is 11.5 Å². The maximum atomic E-state index is 12.9. The maximum absolute atomic E-state index is 12.9. The van der Waals surface area contributed by atoms with Crippen molar-refractivity contribution in [1.82, 2.24) is 4.98 Å². The van der Waals surface area contributed by atoms with Gasteiger partial charge >= 0.3 is 5.97 Å². The number of aromatic hydroxyl groups is 1. The molecule has 0 spiro atoms. The van der Waals surface area contributed by atoms with Crippen molar-refractivity contribution in [3.63, 3.8) is 0 Å². The Hall–Kier alpha value is -3.71. The van der Waals surface area contributed by atoms with E-state index < -0.39 is 23.8 Å². The summed E-state index contributed by atoms with van der Waals surface area (Å²) < 4.78 is 16.8. The Balaban J connectivity index is 1.61. The van der Waals surface area contributed by atoms with Gasteiger partial charge in [0.1, 0.15) is 6.10 Å². The predicted molar refractivity (Wildman–Crippen MR) is 136 cm³/mol. The summed E-state index contributed by atoms with van der Waals surface area (Å²) in [6.07, 6.45) is 1.47. The van der Waals surface area contributed by atoms with Gasteiger partial charge in [-0.05, 0) is 24.5 Å². The van der Waals surface area contributed by atoms with Crippen molar-refractivity contribution >= 4 is 11.8 Å². The van der Waals surface area contributed by atoms with Gasteiger partial charge in [0.25, 0.3) is 0 Å². The molecule has 7 heteroatoms. The molecule has 2 aromatic carbocycles. The Morgan fingerprint density at radius 2 is 1.58 bits per heavy atom. The number of benzene rings is 2. The number of pyridine rings is 1. The molecule has 7 nitrogen and oxygen atoms in total. The highest BCUT2D eigenvalue weighted by Gasteiger charge is 2.27. The van der Waals surface area contributed by atoms with Gasteiger partial charge in [-0.25, -0.2) is 4.98 Å². The van der Waals surface area contributed by atoms with Gasteiger partial charge in [0, 0.05) is 24.6 Å². The minimum atomic E-state index is -0.713. The summed E-state index contributed by atoms with van der Waals surface area (Å²) in [7, 11) is 1.39. The first kappa shape index (κ1) is 26.9. The molecule has 0 radical (unpaired) electrons. The van der Waals surface area contributed by atoms with Crippen molar-refractivity contribution in [1.29, 1.82) is 0 Å². The van der Waals surface area contributed by atoms with Gasteiger partial charge < -0.3 is 19.3 Å². The number of ketones is 1. The summed E-state index contributed by atoms with van der Waals surface area (Å²) in [6.45, 7) is 4.35. The van der Waals surface area contributed by atoms with Crippen LogP contribution >= 0.6 is 0 Å². The molecular weight excluding hydrogens is 458 g/mol. The van der Waals surface area contributed by atoms with Gasteiger partial charge in [-0.2, -0.15) is 0 Å². The molecule has 3 aromatic rings. The average Bonchev–Trinajstić information content (AvgIpc) is 2.89. The lowest BCUT2D eigenvalue weighted by Gasteiger charge is -2.25. The molecule has 1 heterocycles. The topological polar surface area (TPSA) is 95.0 Å². The molecule has 0 aliphatic rings. The van der Waals surface area contributed by atoms with Crippen molar-refractivity contribution in [2.45, 2.75) is 39.4 Å². The number of esters is 1. The van der Waals surface area contributed by atoms with Gasteiger partial charge in [-0.1, -0.05) is 67.6 Å². The van der Waals surface area contributed by atoms with Crippen LogP contribution in [-0.4, -0.2) is 41.7 Å². The minimum Gasteiger partial charge on any atom is -0.503 e. The highest BCUT2D eigenvalue weighted by molar-refractivity contribution is 5.99. The Bertz CT molecular complexity index is 1120. The fraction of sp³-hybridized carbons (Fsp3) is 0.345. The minimum absolute atomic E-state index is 0.0768. The lowest BCUT2D eigenvalue weighted by Crippen LogP contribution is -2.32. The van der Waals surface area contributed by atoms with E-state index in [0.29, 0.717) is 19.6 Å². The number of rotatable bonds is 13. The number of hydrogen-bond acceptors (Lipinski definition) is 7. The Morgan fingerprint density at radius 3 is 2.22 bits per heavy atom. The zero-order valence-electron chi connectivity index (χ0n) is 20.9. The summed E-state index contributed by atoms with van der Waals surface area (Å²) in [5.74, 6) is -1.93. The third-order valence-corrected chi connectivity index (χ3v) is 6.02. The molecule has 0 amide bonds. The first-order valence-corrected chi connectivity index (χ1v) is 12.0. The molecule has 0 aliphatic carbocycles. The highest BCUT2D eigenvalue weighted by atomic mass is 16.5. The molecular formula is C29H33NO6. The van der Waals surface area contributed by atoms with Crippen molar-refractivity contribution in [2.75, 3.05) is 13.7 Å². The summed E-state index contributed by atoms with van der Waals surface area (Å²) in [5.41, 5.74) is 2.07. The van der Waals surface area contributed by atoms with Crippen molar-refractivity contribution in [3.8, 4) is 11.5 Å². The summed E-state index contributed by atoms with van der Waals surface area (Å²) in [6, 6.07) is 21.3. The maximum Gasteiger partial charge on any atom is 0.309 e. The van der Waals surface area contributed by atoms with Crippen molar-refractivity contribution in [2.24, 2.45) is 11.8 Å². The molecule has 0 unspecified atom stereocenters. The SMILES string of the molecule is COc1ccnc(C(=O)C[C@@H](C)C(=O)O[C@@H](C)[C@@H](COCc2ccccc2)Cc2ccccc2)c1O. The molecule has 0 saturated heterocycles. The average molecular weight is 492 g/mol. The molecule has 0 saturated carbocycles. The number of nitrogens with zero attached hydrogens (tertiary/aromatic N) is 1. The number of hydrogen-bond donors (Lipinski definition) is 1. The quantitative estimate of drug-likeness (QED) is 0.265. The lowest BCUT2D eigenvalue weighted by molar-refractivity contribution is -0.156. The van der Waals surface area contributed by atoms with Crippen LogP contribution in [0.15, 0.2) is 72.9 Å². The molecule has 0 bridgehead atoms. The third-order valence-electron chi connectivity index (χ3n) is 6.02. The monoisotopic (exact) mass is 491 g/mol. The zero-order valence-corrected chi connectivity index (χ0v) is 20.9. The second-order valence-electron chi connectivity index (χ2n) is 8.83. The van der Waals surface area contributed by atoms with E-state index in [9.17, 15) is 14.7 Å². The van der Waals surface area contributed by atoms with E-state index in [0.717, 1.165) is 11.1 Å². The standard InChI is InChI=1S/C29H33NO6/c1-20(16-25(31)27-28(32)26(34-3)14-15-30-27)29(33)36-21(2)24(17-22-10-6-4-7-11-22)19-35-18-23-12-8-5-9-13-23/h4-15,20-21,24,32H,16-19H2,1-3H3/t20-,21+,24-/m1/s1. The fourth-order valence-corrected chi connectivity index (χ4v) is 3.84. The first-order chi connectivity index (χ1) is 17.4. The molecule has 36 heavy (non-hydrogen) atoms. The van der Waals surface area contributed by atoms with Crippen LogP contribution in [0.3, 0.4) is 0 Å². The van der Waals surface area contributed by atoms with Crippen molar-refractivity contribution < 1.29 is 28.9 Å². The number of aromatic nitrogens is 1. The number of carbonyl (C=O) groups is 2. The molecule has 1 N–H and O–H groups in total. The van der Waals surface area contributed by atoms with Crippen molar-refractivity contribution in [3.05, 3.63) is 89.7 Å². The highest BCUT2D eigenvalue weighted by Crippen LogP contribution is 2.29. The van der Waals surface area contributed by atoms with Crippen LogP contribution in [0.2, 0.25) is 0 Å². The van der Waals surface area contributed by atoms with E-state index in [-0.39, 0.29) is 29.5 Å². The summed E-state index contributed by atoms with van der Waals surface area (Å²) in [5, 5.41) is 10.2. The Labute approximate surface area is 212 Å². The molecule has 0 aliphatic heterocycles. The van der Waals surface area contributed by atoms with E-state index in [4.69, 9.17) is 14.2 Å².